The van der Waals surface area contributed by atoms with Crippen molar-refractivity contribution in [1.29, 1.82) is 5.26 Å². The van der Waals surface area contributed by atoms with E-state index < -0.39 is 11.2 Å². The minimum Gasteiger partial charge on any atom is -0.232 e. The topological polar surface area (TPSA) is 36.7 Å². The van der Waals surface area contributed by atoms with Gasteiger partial charge in [0.1, 0.15) is 0 Å². The first-order valence-corrected chi connectivity index (χ1v) is 5.42. The molecule has 0 amide bonds. The van der Waals surface area contributed by atoms with Crippen LogP contribution in [0.3, 0.4) is 0 Å². The van der Waals surface area contributed by atoms with E-state index in [0.717, 1.165) is 0 Å². The molecule has 0 aliphatic carbocycles. The minimum absolute atomic E-state index is 0.236. The third-order valence-corrected chi connectivity index (χ3v) is 2.92. The van der Waals surface area contributed by atoms with Gasteiger partial charge in [-0.05, 0) is 12.1 Å². The van der Waals surface area contributed by atoms with Crippen LogP contribution in [-0.4, -0.2) is 4.98 Å². The summed E-state index contributed by atoms with van der Waals surface area (Å²) in [6.45, 7) is 0. The standard InChI is InChI=1S/C11H5F3N2S/c12-11(13,14)10-16-9(6-17-10)8-3-1-2-7(4-8)5-15/h1-4,6H. The smallest absolute Gasteiger partial charge is 0.232 e. The van der Waals surface area contributed by atoms with Crippen LogP contribution in [0.15, 0.2) is 29.6 Å². The molecule has 0 fully saturated rings. The molecule has 0 aliphatic rings. The van der Waals surface area contributed by atoms with Gasteiger partial charge in [0.2, 0.25) is 0 Å². The van der Waals surface area contributed by atoms with Crippen LogP contribution in [0.5, 0.6) is 0 Å². The maximum Gasteiger partial charge on any atom is 0.443 e. The number of thiazole rings is 1. The second-order valence-corrected chi connectivity index (χ2v) is 4.09. The van der Waals surface area contributed by atoms with Gasteiger partial charge >= 0.3 is 6.18 Å². The summed E-state index contributed by atoms with van der Waals surface area (Å²) in [5.41, 5.74) is 1.14. The van der Waals surface area contributed by atoms with Crippen molar-refractivity contribution in [2.24, 2.45) is 0 Å². The van der Waals surface area contributed by atoms with E-state index in [1.807, 2.05) is 6.07 Å². The Morgan fingerprint density at radius 3 is 2.65 bits per heavy atom. The van der Waals surface area contributed by atoms with Crippen molar-refractivity contribution in [3.05, 3.63) is 40.2 Å². The third kappa shape index (κ3) is 2.45. The zero-order valence-corrected chi connectivity index (χ0v) is 9.14. The van der Waals surface area contributed by atoms with Crippen LogP contribution in [0.2, 0.25) is 0 Å². The SMILES string of the molecule is N#Cc1cccc(-c2csc(C(F)(F)F)n2)c1. The molecule has 0 bridgehead atoms. The van der Waals surface area contributed by atoms with Gasteiger partial charge in [0.15, 0.2) is 5.01 Å². The molecule has 86 valence electrons. The average molecular weight is 254 g/mol. The van der Waals surface area contributed by atoms with Crippen molar-refractivity contribution in [3.8, 4) is 17.3 Å². The minimum atomic E-state index is -4.42. The lowest BCUT2D eigenvalue weighted by Gasteiger charge is -2.00. The van der Waals surface area contributed by atoms with Gasteiger partial charge in [-0.25, -0.2) is 4.98 Å². The van der Waals surface area contributed by atoms with Gasteiger partial charge in [-0.2, -0.15) is 18.4 Å². The van der Waals surface area contributed by atoms with E-state index in [9.17, 15) is 13.2 Å². The lowest BCUT2D eigenvalue weighted by Crippen LogP contribution is -2.03. The summed E-state index contributed by atoms with van der Waals surface area (Å²) in [6, 6.07) is 8.25. The fraction of sp³-hybridized carbons (Fsp3) is 0.0909. The Labute approximate surface area is 99.0 Å². The quantitative estimate of drug-likeness (QED) is 0.778. The molecular formula is C11H5F3N2S. The Kier molecular flexibility index (Phi) is 2.86. The highest BCUT2D eigenvalue weighted by atomic mass is 32.1. The van der Waals surface area contributed by atoms with Crippen molar-refractivity contribution in [1.82, 2.24) is 4.98 Å². The van der Waals surface area contributed by atoms with E-state index in [4.69, 9.17) is 5.26 Å². The van der Waals surface area contributed by atoms with E-state index >= 15 is 0 Å². The maximum atomic E-state index is 12.4. The number of nitriles is 1. The molecule has 1 aromatic carbocycles. The van der Waals surface area contributed by atoms with E-state index in [1.165, 1.54) is 11.4 Å². The molecule has 1 aromatic heterocycles. The van der Waals surface area contributed by atoms with Crippen LogP contribution in [0.1, 0.15) is 10.6 Å². The Balaban J connectivity index is 2.41. The Hall–Kier alpha value is -1.87. The second-order valence-electron chi connectivity index (χ2n) is 3.23. The summed E-state index contributed by atoms with van der Waals surface area (Å²) >= 11 is 0.546. The van der Waals surface area contributed by atoms with Gasteiger partial charge in [-0.15, -0.1) is 11.3 Å². The average Bonchev–Trinajstić information content (AvgIpc) is 2.78. The summed E-state index contributed by atoms with van der Waals surface area (Å²) in [7, 11) is 0. The predicted octanol–water partition coefficient (Wildman–Crippen LogP) is 3.70. The van der Waals surface area contributed by atoms with E-state index in [2.05, 4.69) is 4.98 Å². The summed E-state index contributed by atoms with van der Waals surface area (Å²) in [4.78, 5) is 3.51. The molecule has 2 rings (SSSR count). The lowest BCUT2D eigenvalue weighted by molar-refractivity contribution is -0.137. The first-order valence-electron chi connectivity index (χ1n) is 4.54. The number of rotatable bonds is 1. The van der Waals surface area contributed by atoms with E-state index in [-0.39, 0.29) is 5.69 Å². The first kappa shape index (κ1) is 11.6. The molecule has 2 aromatic rings. The van der Waals surface area contributed by atoms with Crippen LogP contribution in [0.25, 0.3) is 11.3 Å². The summed E-state index contributed by atoms with van der Waals surface area (Å²) < 4.78 is 37.1. The number of alkyl halides is 3. The van der Waals surface area contributed by atoms with Crippen molar-refractivity contribution in [3.63, 3.8) is 0 Å². The van der Waals surface area contributed by atoms with Crippen molar-refractivity contribution >= 4 is 11.3 Å². The second kappa shape index (κ2) is 4.18. The Morgan fingerprint density at radius 1 is 1.29 bits per heavy atom. The fourth-order valence-corrected chi connectivity index (χ4v) is 1.98. The number of halogens is 3. The molecule has 0 atom stereocenters. The van der Waals surface area contributed by atoms with Crippen LogP contribution in [0.4, 0.5) is 13.2 Å². The molecule has 0 saturated carbocycles. The molecule has 0 N–H and O–H groups in total. The lowest BCUT2D eigenvalue weighted by atomic mass is 10.1. The first-order chi connectivity index (χ1) is 8.00. The van der Waals surface area contributed by atoms with Gasteiger partial charge in [0.05, 0.1) is 17.3 Å². The highest BCUT2D eigenvalue weighted by molar-refractivity contribution is 7.10. The molecule has 0 saturated heterocycles. The van der Waals surface area contributed by atoms with Gasteiger partial charge < -0.3 is 0 Å². The number of aromatic nitrogens is 1. The van der Waals surface area contributed by atoms with Crippen molar-refractivity contribution in [2.45, 2.75) is 6.18 Å². The molecule has 0 unspecified atom stereocenters. The molecule has 1 heterocycles. The van der Waals surface area contributed by atoms with Gasteiger partial charge in [-0.3, -0.25) is 0 Å². The van der Waals surface area contributed by atoms with Gasteiger partial charge in [0.25, 0.3) is 0 Å². The number of hydrogen-bond donors (Lipinski definition) is 0. The van der Waals surface area contributed by atoms with Gasteiger partial charge in [-0.1, -0.05) is 12.1 Å². The number of hydrogen-bond acceptors (Lipinski definition) is 3. The molecule has 2 nitrogen and oxygen atoms in total. The van der Waals surface area contributed by atoms with Crippen molar-refractivity contribution < 1.29 is 13.2 Å². The fourth-order valence-electron chi connectivity index (χ4n) is 1.28. The zero-order valence-electron chi connectivity index (χ0n) is 8.32. The maximum absolute atomic E-state index is 12.4. The highest BCUT2D eigenvalue weighted by Gasteiger charge is 2.34. The Morgan fingerprint density at radius 2 is 2.06 bits per heavy atom. The zero-order chi connectivity index (χ0) is 12.5. The molecule has 6 heteroatoms. The molecule has 0 radical (unpaired) electrons. The summed E-state index contributed by atoms with van der Waals surface area (Å²) in [5.74, 6) is 0. The number of nitrogens with zero attached hydrogens (tertiary/aromatic N) is 2. The van der Waals surface area contributed by atoms with E-state index in [1.54, 1.807) is 18.2 Å². The predicted molar refractivity (Wildman–Crippen MR) is 57.3 cm³/mol. The molecule has 0 aliphatic heterocycles. The highest BCUT2D eigenvalue weighted by Crippen LogP contribution is 2.34. The monoisotopic (exact) mass is 254 g/mol. The Bertz CT molecular complexity index is 581. The van der Waals surface area contributed by atoms with Crippen molar-refractivity contribution in [2.75, 3.05) is 0 Å². The van der Waals surface area contributed by atoms with Gasteiger partial charge in [0, 0.05) is 10.9 Å². The van der Waals surface area contributed by atoms with Crippen LogP contribution < -0.4 is 0 Å². The van der Waals surface area contributed by atoms with Crippen LogP contribution in [-0.2, 0) is 6.18 Å². The molecule has 17 heavy (non-hydrogen) atoms. The normalized spacial score (nSPS) is 11.2. The largest absolute Gasteiger partial charge is 0.443 e. The molecule has 0 spiro atoms. The summed E-state index contributed by atoms with van der Waals surface area (Å²) in [5, 5.41) is 9.15. The van der Waals surface area contributed by atoms with E-state index in [0.29, 0.717) is 22.5 Å². The summed E-state index contributed by atoms with van der Waals surface area (Å²) in [6.07, 6.45) is -4.42. The molecular weight excluding hydrogens is 249 g/mol. The van der Waals surface area contributed by atoms with Crippen LogP contribution in [0, 0.1) is 11.3 Å². The third-order valence-electron chi connectivity index (χ3n) is 2.03. The number of benzene rings is 1. The van der Waals surface area contributed by atoms with Crippen LogP contribution >= 0.6 is 11.3 Å².